The largest absolute Gasteiger partial charge is 0.497 e. The summed E-state index contributed by atoms with van der Waals surface area (Å²) < 4.78 is 61.2. The number of nitrogens with zero attached hydrogens (tertiary/aromatic N) is 3. The van der Waals surface area contributed by atoms with Crippen LogP contribution in [0.2, 0.25) is 0 Å². The second-order valence-electron chi connectivity index (χ2n) is 9.64. The molecule has 1 saturated heterocycles. The summed E-state index contributed by atoms with van der Waals surface area (Å²) in [6.07, 6.45) is -3.84. The van der Waals surface area contributed by atoms with E-state index in [1.54, 1.807) is 18.1 Å². The molecule has 1 atom stereocenters. The Kier molecular flexibility index (Phi) is 7.20. The normalized spacial score (nSPS) is 18.0. The van der Waals surface area contributed by atoms with E-state index in [1.165, 1.54) is 24.3 Å². The van der Waals surface area contributed by atoms with Gasteiger partial charge in [0.15, 0.2) is 0 Å². The Morgan fingerprint density at radius 1 is 1.03 bits per heavy atom. The highest BCUT2D eigenvalue weighted by molar-refractivity contribution is 6.04. The fourth-order valence-corrected chi connectivity index (χ4v) is 5.39. The third-order valence-corrected chi connectivity index (χ3v) is 7.26. The van der Waals surface area contributed by atoms with Gasteiger partial charge in [0.05, 0.1) is 25.1 Å². The van der Waals surface area contributed by atoms with E-state index in [0.717, 1.165) is 23.6 Å². The zero-order valence-electron chi connectivity index (χ0n) is 21.2. The molecule has 10 heteroatoms. The molecule has 0 bridgehead atoms. The van der Waals surface area contributed by atoms with E-state index in [9.17, 15) is 27.5 Å². The lowest BCUT2D eigenvalue weighted by Crippen LogP contribution is -2.46. The van der Waals surface area contributed by atoms with Crippen molar-refractivity contribution < 1.29 is 32.2 Å². The van der Waals surface area contributed by atoms with Crippen molar-refractivity contribution in [2.24, 2.45) is 10.9 Å². The molecule has 2 aliphatic heterocycles. The van der Waals surface area contributed by atoms with Crippen LogP contribution in [0.1, 0.15) is 36.4 Å². The highest BCUT2D eigenvalue weighted by Crippen LogP contribution is 2.44. The number of anilines is 2. The number of aliphatic imine (C=N–C) groups is 1. The molecule has 2 heterocycles. The van der Waals surface area contributed by atoms with Crippen LogP contribution in [0.4, 0.5) is 34.6 Å². The summed E-state index contributed by atoms with van der Waals surface area (Å²) in [4.78, 5) is 20.3. The van der Waals surface area contributed by atoms with Gasteiger partial charge < -0.3 is 19.6 Å². The summed E-state index contributed by atoms with van der Waals surface area (Å²) >= 11 is 0. The minimum Gasteiger partial charge on any atom is -0.497 e. The average molecular weight is 542 g/mol. The van der Waals surface area contributed by atoms with E-state index >= 15 is 0 Å². The number of carboxylic acid groups (broad SMARTS) is 1. The molecule has 2 aliphatic rings. The molecule has 0 spiro atoms. The predicted molar refractivity (Wildman–Crippen MR) is 140 cm³/mol. The molecule has 1 N–H and O–H groups in total. The SMILES string of the molecule is COc1cccc(N2CCC(C3=Nc4c(F)cccc4C(CC(=O)O)N3c3cccc(C(F)(F)F)c3)CC2)c1. The van der Waals surface area contributed by atoms with Gasteiger partial charge in [-0.2, -0.15) is 13.2 Å². The van der Waals surface area contributed by atoms with E-state index < -0.39 is 36.0 Å². The van der Waals surface area contributed by atoms with Gasteiger partial charge in [-0.1, -0.05) is 24.3 Å². The minimum absolute atomic E-state index is 0.0391. The number of carboxylic acids is 1. The first-order valence-corrected chi connectivity index (χ1v) is 12.6. The van der Waals surface area contributed by atoms with Crippen molar-refractivity contribution in [1.29, 1.82) is 0 Å². The molecule has 39 heavy (non-hydrogen) atoms. The van der Waals surface area contributed by atoms with E-state index in [1.807, 2.05) is 24.3 Å². The lowest BCUT2D eigenvalue weighted by molar-refractivity contribution is -0.138. The van der Waals surface area contributed by atoms with Crippen LogP contribution in [0.25, 0.3) is 0 Å². The van der Waals surface area contributed by atoms with Crippen LogP contribution in [0.3, 0.4) is 0 Å². The smallest absolute Gasteiger partial charge is 0.416 e. The first-order valence-electron chi connectivity index (χ1n) is 12.6. The van der Waals surface area contributed by atoms with E-state index in [2.05, 4.69) is 9.89 Å². The van der Waals surface area contributed by atoms with Crippen molar-refractivity contribution in [3.63, 3.8) is 0 Å². The van der Waals surface area contributed by atoms with Gasteiger partial charge in [-0.3, -0.25) is 4.79 Å². The van der Waals surface area contributed by atoms with Crippen molar-refractivity contribution in [2.45, 2.75) is 31.5 Å². The maximum atomic E-state index is 15.0. The lowest BCUT2D eigenvalue weighted by atomic mass is 9.89. The summed E-state index contributed by atoms with van der Waals surface area (Å²) in [5.41, 5.74) is 0.657. The Bertz CT molecular complexity index is 1400. The number of piperidine rings is 1. The molecule has 0 amide bonds. The van der Waals surface area contributed by atoms with Gasteiger partial charge >= 0.3 is 12.1 Å². The summed E-state index contributed by atoms with van der Waals surface area (Å²) in [5.74, 6) is -0.876. The van der Waals surface area contributed by atoms with Crippen molar-refractivity contribution in [3.8, 4) is 5.75 Å². The first-order chi connectivity index (χ1) is 18.7. The highest BCUT2D eigenvalue weighted by Gasteiger charge is 2.39. The highest BCUT2D eigenvalue weighted by atomic mass is 19.4. The monoisotopic (exact) mass is 541 g/mol. The fourth-order valence-electron chi connectivity index (χ4n) is 5.39. The number of fused-ring (bicyclic) bond motifs is 1. The first kappa shape index (κ1) is 26.5. The van der Waals surface area contributed by atoms with Gasteiger partial charge in [0, 0.05) is 42.0 Å². The average Bonchev–Trinajstić information content (AvgIpc) is 2.93. The fraction of sp³-hybridized carbons (Fsp3) is 0.310. The molecule has 3 aromatic carbocycles. The van der Waals surface area contributed by atoms with Crippen molar-refractivity contribution in [2.75, 3.05) is 30.0 Å². The van der Waals surface area contributed by atoms with Crippen LogP contribution >= 0.6 is 0 Å². The van der Waals surface area contributed by atoms with E-state index in [4.69, 9.17) is 4.74 Å². The number of benzene rings is 3. The third-order valence-electron chi connectivity index (χ3n) is 7.26. The Balaban J connectivity index is 1.55. The maximum absolute atomic E-state index is 15.0. The van der Waals surface area contributed by atoms with Crippen LogP contribution in [0, 0.1) is 11.7 Å². The molecular formula is C29H27F4N3O3. The molecule has 204 valence electrons. The molecule has 6 nitrogen and oxygen atoms in total. The molecule has 1 fully saturated rings. The number of hydrogen-bond donors (Lipinski definition) is 1. The molecule has 0 saturated carbocycles. The van der Waals surface area contributed by atoms with Gasteiger partial charge in [0.2, 0.25) is 0 Å². The van der Waals surface area contributed by atoms with Crippen molar-refractivity contribution in [3.05, 3.63) is 83.7 Å². The van der Waals surface area contributed by atoms with Crippen LogP contribution in [-0.2, 0) is 11.0 Å². The van der Waals surface area contributed by atoms with Gasteiger partial charge in [0.1, 0.15) is 23.1 Å². The Hall–Kier alpha value is -4.08. The van der Waals surface area contributed by atoms with Gasteiger partial charge in [-0.25, -0.2) is 9.38 Å². The number of methoxy groups -OCH3 is 1. The summed E-state index contributed by atoms with van der Waals surface area (Å²) in [6, 6.07) is 15.8. The number of alkyl halides is 3. The summed E-state index contributed by atoms with van der Waals surface area (Å²) in [5, 5.41) is 9.75. The summed E-state index contributed by atoms with van der Waals surface area (Å²) in [7, 11) is 1.60. The number of hydrogen-bond acceptors (Lipinski definition) is 5. The number of halogens is 4. The zero-order chi connectivity index (χ0) is 27.7. The topological polar surface area (TPSA) is 65.4 Å². The van der Waals surface area contributed by atoms with Crippen molar-refractivity contribution >= 4 is 28.9 Å². The van der Waals surface area contributed by atoms with Crippen molar-refractivity contribution in [1.82, 2.24) is 0 Å². The molecule has 0 radical (unpaired) electrons. The van der Waals surface area contributed by atoms with Gasteiger partial charge in [-0.05, 0) is 49.2 Å². The minimum atomic E-state index is -4.59. The quantitative estimate of drug-likeness (QED) is 0.347. The van der Waals surface area contributed by atoms with E-state index in [-0.39, 0.29) is 17.3 Å². The number of carbonyl (C=O) groups is 1. The Morgan fingerprint density at radius 2 is 1.72 bits per heavy atom. The maximum Gasteiger partial charge on any atom is 0.416 e. The molecule has 0 aromatic heterocycles. The molecule has 0 aliphatic carbocycles. The van der Waals surface area contributed by atoms with Gasteiger partial charge in [0.25, 0.3) is 0 Å². The van der Waals surface area contributed by atoms with Crippen LogP contribution in [0.5, 0.6) is 5.75 Å². The van der Waals surface area contributed by atoms with E-state index in [0.29, 0.717) is 37.3 Å². The van der Waals surface area contributed by atoms with Gasteiger partial charge in [-0.15, -0.1) is 0 Å². The van der Waals surface area contributed by atoms with Crippen LogP contribution < -0.4 is 14.5 Å². The number of rotatable bonds is 6. The second kappa shape index (κ2) is 10.6. The third kappa shape index (κ3) is 5.41. The lowest BCUT2D eigenvalue weighted by Gasteiger charge is -2.43. The predicted octanol–water partition coefficient (Wildman–Crippen LogP) is 6.84. The number of para-hydroxylation sites is 1. The molecule has 3 aromatic rings. The number of aliphatic carboxylic acids is 1. The standard InChI is InChI=1S/C29H27F4N3O3/c1-39-22-8-3-6-20(16-22)35-13-11-18(12-14-35)28-34-27-23(9-4-10-24(27)30)25(17-26(37)38)36(28)21-7-2-5-19(15-21)29(31,32)33/h2-10,15-16,18,25H,11-14,17H2,1H3,(H,37,38). The summed E-state index contributed by atoms with van der Waals surface area (Å²) in [6.45, 7) is 1.25. The second-order valence-corrected chi connectivity index (χ2v) is 9.64. The number of ether oxygens (including phenoxy) is 1. The number of amidine groups is 1. The molecular weight excluding hydrogens is 514 g/mol. The molecule has 5 rings (SSSR count). The van der Waals surface area contributed by atoms with Crippen LogP contribution in [0.15, 0.2) is 71.7 Å². The van der Waals surface area contributed by atoms with Crippen LogP contribution in [-0.4, -0.2) is 37.1 Å². The molecule has 1 unspecified atom stereocenters. The Morgan fingerprint density at radius 3 is 2.41 bits per heavy atom. The Labute approximate surface area is 223 Å². The zero-order valence-corrected chi connectivity index (χ0v) is 21.2.